The molecule has 2 aromatic heterocycles. The molecule has 10 heteroatoms. The van der Waals surface area contributed by atoms with Crippen molar-refractivity contribution in [2.24, 2.45) is 0 Å². The van der Waals surface area contributed by atoms with Crippen molar-refractivity contribution in [2.75, 3.05) is 5.32 Å². The third kappa shape index (κ3) is 3.25. The Labute approximate surface area is 112 Å². The molecule has 2 rings (SSSR count). The van der Waals surface area contributed by atoms with Crippen molar-refractivity contribution in [3.63, 3.8) is 0 Å². The van der Waals surface area contributed by atoms with E-state index in [9.17, 15) is 14.9 Å². The molecule has 10 nitrogen and oxygen atoms in total. The summed E-state index contributed by atoms with van der Waals surface area (Å²) in [4.78, 5) is 24.4. The smallest absolute Gasteiger partial charge is 0.325 e. The van der Waals surface area contributed by atoms with Gasteiger partial charge in [-0.15, -0.1) is 5.10 Å². The molecular weight excluding hydrogens is 268 g/mol. The predicted molar refractivity (Wildman–Crippen MR) is 65.9 cm³/mol. The van der Waals surface area contributed by atoms with Gasteiger partial charge in [0.05, 0.1) is 17.7 Å². The van der Waals surface area contributed by atoms with E-state index in [1.807, 2.05) is 0 Å². The highest BCUT2D eigenvalue weighted by Crippen LogP contribution is 2.22. The van der Waals surface area contributed by atoms with Crippen LogP contribution in [0.2, 0.25) is 0 Å². The Kier molecular flexibility index (Phi) is 3.84. The molecule has 0 unspecified atom stereocenters. The second-order valence-electron chi connectivity index (χ2n) is 3.80. The van der Waals surface area contributed by atoms with Crippen LogP contribution in [-0.4, -0.2) is 36.0 Å². The van der Waals surface area contributed by atoms with Crippen LogP contribution in [0.5, 0.6) is 0 Å². The summed E-state index contributed by atoms with van der Waals surface area (Å²) < 4.78 is 1.17. The fourth-order valence-electron chi connectivity index (χ4n) is 1.50. The van der Waals surface area contributed by atoms with Crippen molar-refractivity contribution in [1.29, 1.82) is 0 Å². The number of aliphatic carboxylic acids is 1. The Balaban J connectivity index is 2.04. The Morgan fingerprint density at radius 3 is 3.05 bits per heavy atom. The Morgan fingerprint density at radius 1 is 1.55 bits per heavy atom. The van der Waals surface area contributed by atoms with Gasteiger partial charge in [0.1, 0.15) is 24.1 Å². The SMILES string of the molecule is O=C(O)Cn1cc(CNc2ccncc2[N+](=O)[O-])nn1. The van der Waals surface area contributed by atoms with Crippen LogP contribution in [0.1, 0.15) is 5.69 Å². The summed E-state index contributed by atoms with van der Waals surface area (Å²) in [7, 11) is 0. The molecule has 0 aliphatic carbocycles. The number of anilines is 1. The molecule has 0 saturated heterocycles. The van der Waals surface area contributed by atoms with Crippen molar-refractivity contribution in [3.8, 4) is 0 Å². The van der Waals surface area contributed by atoms with E-state index < -0.39 is 10.9 Å². The second-order valence-corrected chi connectivity index (χ2v) is 3.80. The van der Waals surface area contributed by atoms with Gasteiger partial charge in [-0.2, -0.15) is 0 Å². The largest absolute Gasteiger partial charge is 0.480 e. The summed E-state index contributed by atoms with van der Waals surface area (Å²) in [5.74, 6) is -1.03. The zero-order valence-electron chi connectivity index (χ0n) is 10.1. The van der Waals surface area contributed by atoms with E-state index >= 15 is 0 Å². The predicted octanol–water partition coefficient (Wildman–Crippen LogP) is 0.278. The lowest BCUT2D eigenvalue weighted by Gasteiger charge is -2.03. The summed E-state index contributed by atoms with van der Waals surface area (Å²) in [6.45, 7) is -0.104. The maximum Gasteiger partial charge on any atom is 0.325 e. The van der Waals surface area contributed by atoms with Crippen molar-refractivity contribution in [3.05, 3.63) is 40.5 Å². The molecule has 0 aliphatic rings. The molecule has 0 atom stereocenters. The number of hydrogen-bond acceptors (Lipinski definition) is 7. The zero-order valence-corrected chi connectivity index (χ0v) is 10.1. The van der Waals surface area contributed by atoms with Crippen LogP contribution in [0.25, 0.3) is 0 Å². The Bertz CT molecular complexity index is 640. The van der Waals surface area contributed by atoms with Crippen LogP contribution in [0.4, 0.5) is 11.4 Å². The minimum Gasteiger partial charge on any atom is -0.480 e. The van der Waals surface area contributed by atoms with Gasteiger partial charge in [0.15, 0.2) is 0 Å². The Hall–Kier alpha value is -3.04. The summed E-state index contributed by atoms with van der Waals surface area (Å²) >= 11 is 0. The van der Waals surface area contributed by atoms with Gasteiger partial charge >= 0.3 is 11.7 Å². The first-order valence-corrected chi connectivity index (χ1v) is 5.49. The molecule has 2 heterocycles. The zero-order chi connectivity index (χ0) is 14.5. The van der Waals surface area contributed by atoms with E-state index in [1.54, 1.807) is 0 Å². The molecular formula is C10H10N6O4. The quantitative estimate of drug-likeness (QED) is 0.567. The first-order valence-electron chi connectivity index (χ1n) is 5.49. The van der Waals surface area contributed by atoms with Crippen molar-refractivity contribution < 1.29 is 14.8 Å². The number of hydrogen-bond donors (Lipinski definition) is 2. The molecule has 0 spiro atoms. The van der Waals surface area contributed by atoms with E-state index in [2.05, 4.69) is 20.6 Å². The highest BCUT2D eigenvalue weighted by Gasteiger charge is 2.13. The van der Waals surface area contributed by atoms with Gasteiger partial charge < -0.3 is 10.4 Å². The molecule has 0 amide bonds. The average Bonchev–Trinajstić information content (AvgIpc) is 2.83. The summed E-state index contributed by atoms with van der Waals surface area (Å²) in [6, 6.07) is 1.47. The highest BCUT2D eigenvalue weighted by atomic mass is 16.6. The number of rotatable bonds is 6. The minimum absolute atomic E-state index is 0.148. The molecule has 2 N–H and O–H groups in total. The normalized spacial score (nSPS) is 10.2. The molecule has 2 aromatic rings. The number of pyridine rings is 1. The van der Waals surface area contributed by atoms with Crippen molar-refractivity contribution in [1.82, 2.24) is 20.0 Å². The number of nitrogens with one attached hydrogen (secondary N) is 1. The fraction of sp³-hybridized carbons (Fsp3) is 0.200. The first kappa shape index (κ1) is 13.4. The van der Waals surface area contributed by atoms with Crippen LogP contribution in [-0.2, 0) is 17.9 Å². The van der Waals surface area contributed by atoms with Gasteiger partial charge in [0.2, 0.25) is 0 Å². The van der Waals surface area contributed by atoms with Crippen LogP contribution >= 0.6 is 0 Å². The first-order chi connectivity index (χ1) is 9.56. The molecule has 0 bridgehead atoms. The average molecular weight is 278 g/mol. The molecule has 0 fully saturated rings. The van der Waals surface area contributed by atoms with Gasteiger partial charge in [0.25, 0.3) is 0 Å². The van der Waals surface area contributed by atoms with Crippen LogP contribution in [0, 0.1) is 10.1 Å². The highest BCUT2D eigenvalue weighted by molar-refractivity contribution is 5.66. The third-order valence-electron chi connectivity index (χ3n) is 2.34. The van der Waals surface area contributed by atoms with Crippen LogP contribution < -0.4 is 5.32 Å². The number of carboxylic acids is 1. The number of carbonyl (C=O) groups is 1. The van der Waals surface area contributed by atoms with Crippen LogP contribution in [0.15, 0.2) is 24.7 Å². The van der Waals surface area contributed by atoms with E-state index in [-0.39, 0.29) is 18.8 Å². The summed E-state index contributed by atoms with van der Waals surface area (Å²) in [6.07, 6.45) is 4.02. The van der Waals surface area contributed by atoms with Gasteiger partial charge in [-0.05, 0) is 6.07 Å². The molecule has 0 saturated carbocycles. The van der Waals surface area contributed by atoms with E-state index in [1.165, 1.54) is 23.1 Å². The van der Waals surface area contributed by atoms with Gasteiger partial charge in [0, 0.05) is 6.20 Å². The summed E-state index contributed by atoms with van der Waals surface area (Å²) in [5, 5.41) is 29.6. The lowest BCUT2D eigenvalue weighted by molar-refractivity contribution is -0.384. The second kappa shape index (κ2) is 5.73. The van der Waals surface area contributed by atoms with Gasteiger partial charge in [-0.1, -0.05) is 5.21 Å². The maximum atomic E-state index is 10.8. The number of carboxylic acid groups (broad SMARTS) is 1. The molecule has 104 valence electrons. The lowest BCUT2D eigenvalue weighted by Crippen LogP contribution is -2.09. The number of aromatic nitrogens is 4. The fourth-order valence-corrected chi connectivity index (χ4v) is 1.50. The number of nitrogens with zero attached hydrogens (tertiary/aromatic N) is 5. The minimum atomic E-state index is -1.03. The maximum absolute atomic E-state index is 10.8. The van der Waals surface area contributed by atoms with Gasteiger partial charge in [-0.3, -0.25) is 19.9 Å². The topological polar surface area (TPSA) is 136 Å². The van der Waals surface area contributed by atoms with Crippen molar-refractivity contribution >= 4 is 17.3 Å². The van der Waals surface area contributed by atoms with E-state index in [0.29, 0.717) is 11.4 Å². The van der Waals surface area contributed by atoms with Gasteiger partial charge in [-0.25, -0.2) is 4.68 Å². The van der Waals surface area contributed by atoms with Crippen molar-refractivity contribution in [2.45, 2.75) is 13.1 Å². The van der Waals surface area contributed by atoms with E-state index in [4.69, 9.17) is 5.11 Å². The van der Waals surface area contributed by atoms with Crippen LogP contribution in [0.3, 0.4) is 0 Å². The number of nitro groups is 1. The van der Waals surface area contributed by atoms with E-state index in [0.717, 1.165) is 6.20 Å². The summed E-state index contributed by atoms with van der Waals surface area (Å²) in [5.41, 5.74) is 0.626. The lowest BCUT2D eigenvalue weighted by atomic mass is 10.3. The molecule has 0 aliphatic heterocycles. The molecule has 0 radical (unpaired) electrons. The molecule has 20 heavy (non-hydrogen) atoms. The monoisotopic (exact) mass is 278 g/mol. The molecule has 0 aromatic carbocycles. The third-order valence-corrected chi connectivity index (χ3v) is 2.34. The Morgan fingerprint density at radius 2 is 2.35 bits per heavy atom. The standard InChI is InChI=1S/C10H10N6O4/c17-10(18)6-15-5-7(13-14-15)3-12-8-1-2-11-4-9(8)16(19)20/h1-2,4-5H,3,6H2,(H,11,12)(H,17,18).